The molecule has 7 heteroatoms. The Morgan fingerprint density at radius 2 is 1.83 bits per heavy atom. The monoisotopic (exact) mass is 447 g/mol. The zero-order chi connectivity index (χ0) is 21.7. The molecule has 1 aliphatic rings. The number of benzene rings is 2. The first-order valence-electron chi connectivity index (χ1n) is 9.82. The predicted molar refractivity (Wildman–Crippen MR) is 119 cm³/mol. The molecule has 1 N–H and O–H groups in total. The van der Waals surface area contributed by atoms with E-state index in [0.717, 1.165) is 16.9 Å². The first-order valence-corrected chi connectivity index (χ1v) is 10.6. The fourth-order valence-corrected chi connectivity index (χ4v) is 3.93. The molecule has 1 amide bonds. The maximum absolute atomic E-state index is 12.7. The van der Waals surface area contributed by atoms with Crippen LogP contribution in [0.4, 0.5) is 0 Å². The number of piperidine rings is 1. The van der Waals surface area contributed by atoms with Crippen molar-refractivity contribution >= 4 is 41.2 Å². The van der Waals surface area contributed by atoms with Crippen LogP contribution >= 0.6 is 23.2 Å². The van der Waals surface area contributed by atoms with Gasteiger partial charge in [0.25, 0.3) is 0 Å². The third-order valence-corrected chi connectivity index (χ3v) is 5.98. The van der Waals surface area contributed by atoms with Crippen molar-refractivity contribution in [2.75, 3.05) is 19.7 Å². The van der Waals surface area contributed by atoms with Crippen molar-refractivity contribution in [3.63, 3.8) is 0 Å². The summed E-state index contributed by atoms with van der Waals surface area (Å²) in [7, 11) is 0. The van der Waals surface area contributed by atoms with Gasteiger partial charge in [-0.3, -0.25) is 9.59 Å². The summed E-state index contributed by atoms with van der Waals surface area (Å²) in [4.78, 5) is 25.4. The van der Waals surface area contributed by atoms with Crippen LogP contribution in [0, 0.1) is 5.92 Å². The SMILES string of the molecule is CCOc1ccccc1-c1ccc(Cl)c(Cl)c1/C=C/C(=O)N1CCC(C(=O)O)CC1. The van der Waals surface area contributed by atoms with Crippen molar-refractivity contribution in [1.29, 1.82) is 0 Å². The minimum Gasteiger partial charge on any atom is -0.493 e. The first kappa shape index (κ1) is 22.2. The Bertz CT molecular complexity index is 966. The van der Waals surface area contributed by atoms with Gasteiger partial charge >= 0.3 is 5.97 Å². The van der Waals surface area contributed by atoms with Crippen LogP contribution in [0.1, 0.15) is 25.3 Å². The smallest absolute Gasteiger partial charge is 0.306 e. The van der Waals surface area contributed by atoms with E-state index in [1.165, 1.54) is 6.08 Å². The Kier molecular flexibility index (Phi) is 7.40. The maximum atomic E-state index is 12.7. The Labute approximate surface area is 185 Å². The molecule has 0 saturated carbocycles. The lowest BCUT2D eigenvalue weighted by molar-refractivity contribution is -0.144. The Morgan fingerprint density at radius 3 is 2.50 bits per heavy atom. The van der Waals surface area contributed by atoms with Crippen molar-refractivity contribution < 1.29 is 19.4 Å². The van der Waals surface area contributed by atoms with Gasteiger partial charge in [-0.05, 0) is 43.5 Å². The molecule has 1 fully saturated rings. The zero-order valence-corrected chi connectivity index (χ0v) is 18.1. The quantitative estimate of drug-likeness (QED) is 0.602. The number of hydrogen-bond donors (Lipinski definition) is 1. The second kappa shape index (κ2) is 10.0. The molecule has 30 heavy (non-hydrogen) atoms. The number of ether oxygens (including phenoxy) is 1. The second-order valence-corrected chi connectivity index (χ2v) is 7.81. The summed E-state index contributed by atoms with van der Waals surface area (Å²) in [6, 6.07) is 11.2. The molecule has 3 rings (SSSR count). The number of amides is 1. The lowest BCUT2D eigenvalue weighted by atomic mass is 9.96. The average molecular weight is 448 g/mol. The highest BCUT2D eigenvalue weighted by molar-refractivity contribution is 6.43. The van der Waals surface area contributed by atoms with Gasteiger partial charge in [0.05, 0.1) is 22.6 Å². The van der Waals surface area contributed by atoms with Gasteiger partial charge in [0, 0.05) is 30.3 Å². The van der Waals surface area contributed by atoms with Gasteiger partial charge in [-0.1, -0.05) is 47.5 Å². The Hall–Kier alpha value is -2.50. The lowest BCUT2D eigenvalue weighted by Gasteiger charge is -2.29. The number of carbonyl (C=O) groups is 2. The molecular weight excluding hydrogens is 425 g/mol. The molecule has 2 aromatic carbocycles. The summed E-state index contributed by atoms with van der Waals surface area (Å²) < 4.78 is 5.74. The van der Waals surface area contributed by atoms with E-state index in [9.17, 15) is 9.59 Å². The number of likely N-dealkylation sites (tertiary alicyclic amines) is 1. The van der Waals surface area contributed by atoms with E-state index in [-0.39, 0.29) is 11.8 Å². The number of aliphatic carboxylic acids is 1. The van der Waals surface area contributed by atoms with E-state index in [4.69, 9.17) is 33.0 Å². The molecule has 0 atom stereocenters. The average Bonchev–Trinajstić information content (AvgIpc) is 2.75. The van der Waals surface area contributed by atoms with Crippen LogP contribution in [0.3, 0.4) is 0 Å². The van der Waals surface area contributed by atoms with Crippen molar-refractivity contribution in [3.05, 3.63) is 58.1 Å². The summed E-state index contributed by atoms with van der Waals surface area (Å²) >= 11 is 12.7. The third-order valence-electron chi connectivity index (χ3n) is 5.16. The second-order valence-electron chi connectivity index (χ2n) is 7.02. The summed E-state index contributed by atoms with van der Waals surface area (Å²) in [5.74, 6) is -0.655. The van der Waals surface area contributed by atoms with E-state index in [1.807, 2.05) is 37.3 Å². The fraction of sp³-hybridized carbons (Fsp3) is 0.304. The molecule has 1 saturated heterocycles. The van der Waals surface area contributed by atoms with Crippen molar-refractivity contribution in [2.24, 2.45) is 5.92 Å². The van der Waals surface area contributed by atoms with Crippen molar-refractivity contribution in [1.82, 2.24) is 4.90 Å². The minimum absolute atomic E-state index is 0.182. The third kappa shape index (κ3) is 4.97. The summed E-state index contributed by atoms with van der Waals surface area (Å²) in [6.07, 6.45) is 4.04. The van der Waals surface area contributed by atoms with Gasteiger partial charge in [0.1, 0.15) is 5.75 Å². The lowest BCUT2D eigenvalue weighted by Crippen LogP contribution is -2.39. The van der Waals surface area contributed by atoms with Gasteiger partial charge in [0.2, 0.25) is 5.91 Å². The minimum atomic E-state index is -0.805. The number of rotatable bonds is 6. The van der Waals surface area contributed by atoms with E-state index >= 15 is 0 Å². The van der Waals surface area contributed by atoms with E-state index < -0.39 is 5.97 Å². The maximum Gasteiger partial charge on any atom is 0.306 e. The highest BCUT2D eigenvalue weighted by Gasteiger charge is 2.26. The molecule has 0 aliphatic carbocycles. The van der Waals surface area contributed by atoms with Gasteiger partial charge in [-0.15, -0.1) is 0 Å². The van der Waals surface area contributed by atoms with Gasteiger partial charge in [-0.25, -0.2) is 0 Å². The highest BCUT2D eigenvalue weighted by Crippen LogP contribution is 2.39. The largest absolute Gasteiger partial charge is 0.493 e. The summed E-state index contributed by atoms with van der Waals surface area (Å²) in [6.45, 7) is 3.28. The molecule has 0 spiro atoms. The van der Waals surface area contributed by atoms with E-state index in [2.05, 4.69) is 0 Å². The number of carboxylic acid groups (broad SMARTS) is 1. The summed E-state index contributed by atoms with van der Waals surface area (Å²) in [5, 5.41) is 9.86. The van der Waals surface area contributed by atoms with Crippen molar-refractivity contribution in [3.8, 4) is 16.9 Å². The number of halogens is 2. The van der Waals surface area contributed by atoms with Crippen LogP contribution in [-0.4, -0.2) is 41.6 Å². The van der Waals surface area contributed by atoms with Crippen molar-refractivity contribution in [2.45, 2.75) is 19.8 Å². The molecule has 158 valence electrons. The van der Waals surface area contributed by atoms with Crippen LogP contribution in [0.5, 0.6) is 5.75 Å². The van der Waals surface area contributed by atoms with E-state index in [0.29, 0.717) is 48.1 Å². The Balaban J connectivity index is 1.88. The standard InChI is InChI=1S/C23H23Cl2NO4/c1-2-30-20-6-4-3-5-17(20)16-7-9-19(24)22(25)18(16)8-10-21(27)26-13-11-15(12-14-26)23(28)29/h3-10,15H,2,11-14H2,1H3,(H,28,29)/b10-8+. The zero-order valence-electron chi connectivity index (χ0n) is 16.6. The highest BCUT2D eigenvalue weighted by atomic mass is 35.5. The number of carboxylic acids is 1. The molecular formula is C23H23Cl2NO4. The molecule has 0 radical (unpaired) electrons. The molecule has 0 aromatic heterocycles. The van der Waals surface area contributed by atoms with Crippen LogP contribution in [0.2, 0.25) is 10.0 Å². The topological polar surface area (TPSA) is 66.8 Å². The fourth-order valence-electron chi connectivity index (χ4n) is 3.54. The molecule has 1 aliphatic heterocycles. The number of nitrogens with zero attached hydrogens (tertiary/aromatic N) is 1. The van der Waals surface area contributed by atoms with Crippen LogP contribution in [0.15, 0.2) is 42.5 Å². The molecule has 0 unspecified atom stereocenters. The normalized spacial score (nSPS) is 14.8. The first-order chi connectivity index (χ1) is 14.4. The van der Waals surface area contributed by atoms with Gasteiger partial charge < -0.3 is 14.7 Å². The van der Waals surface area contributed by atoms with E-state index in [1.54, 1.807) is 17.0 Å². The predicted octanol–water partition coefficient (Wildman–Crippen LogP) is 5.40. The molecule has 1 heterocycles. The molecule has 2 aromatic rings. The van der Waals surface area contributed by atoms with Crippen LogP contribution in [0.25, 0.3) is 17.2 Å². The number of hydrogen-bond acceptors (Lipinski definition) is 3. The van der Waals surface area contributed by atoms with Gasteiger partial charge in [-0.2, -0.15) is 0 Å². The number of para-hydroxylation sites is 1. The van der Waals surface area contributed by atoms with Crippen LogP contribution in [-0.2, 0) is 9.59 Å². The van der Waals surface area contributed by atoms with Gasteiger partial charge in [0.15, 0.2) is 0 Å². The summed E-state index contributed by atoms with van der Waals surface area (Å²) in [5.41, 5.74) is 2.29. The van der Waals surface area contributed by atoms with Crippen LogP contribution < -0.4 is 4.74 Å². The number of carbonyl (C=O) groups excluding carboxylic acids is 1. The molecule has 5 nitrogen and oxygen atoms in total. The molecule has 0 bridgehead atoms. The Morgan fingerprint density at radius 1 is 1.13 bits per heavy atom.